The van der Waals surface area contributed by atoms with Gasteiger partial charge in [0.15, 0.2) is 0 Å². The highest BCUT2D eigenvalue weighted by Gasteiger charge is 2.21. The zero-order chi connectivity index (χ0) is 18.1. The van der Waals surface area contributed by atoms with E-state index in [-0.39, 0.29) is 16.7 Å². The lowest BCUT2D eigenvalue weighted by Crippen LogP contribution is -2.18. The normalized spacial score (nSPS) is 12.1. The van der Waals surface area contributed by atoms with Gasteiger partial charge in [0.25, 0.3) is 5.91 Å². The number of carbonyl (C=O) groups is 1. The molecule has 0 spiro atoms. The first-order chi connectivity index (χ1) is 11.0. The van der Waals surface area contributed by atoms with Gasteiger partial charge in [-0.15, -0.1) is 0 Å². The Kier molecular flexibility index (Phi) is 4.89. The molecular formula is C22H29NO. The predicted molar refractivity (Wildman–Crippen MR) is 103 cm³/mol. The third kappa shape index (κ3) is 4.47. The standard InChI is InChI=1S/C22H29NO/c1-15-8-10-16(11-9-15)20(24)23-19-13-17(21(2,3)4)12-18(14-19)22(5,6)7/h8-14H,1-7H3,(H,23,24). The number of amides is 1. The zero-order valence-electron chi connectivity index (χ0n) is 15.9. The molecule has 0 atom stereocenters. The molecule has 1 amide bonds. The second-order valence-electron chi connectivity index (χ2n) is 8.62. The van der Waals surface area contributed by atoms with E-state index in [9.17, 15) is 4.79 Å². The van der Waals surface area contributed by atoms with Crippen LogP contribution in [0, 0.1) is 6.92 Å². The number of nitrogens with one attached hydrogen (secondary N) is 1. The van der Waals surface area contributed by atoms with Gasteiger partial charge >= 0.3 is 0 Å². The Hall–Kier alpha value is -2.09. The van der Waals surface area contributed by atoms with Gasteiger partial charge in [-0.05, 0) is 53.1 Å². The molecule has 2 heteroatoms. The summed E-state index contributed by atoms with van der Waals surface area (Å²) in [6.45, 7) is 15.2. The van der Waals surface area contributed by atoms with Crippen molar-refractivity contribution < 1.29 is 4.79 Å². The fourth-order valence-corrected chi connectivity index (χ4v) is 2.47. The summed E-state index contributed by atoms with van der Waals surface area (Å²) in [6, 6.07) is 14.1. The predicted octanol–water partition coefficient (Wildman–Crippen LogP) is 5.84. The van der Waals surface area contributed by atoms with Crippen molar-refractivity contribution in [3.8, 4) is 0 Å². The maximum absolute atomic E-state index is 12.5. The zero-order valence-corrected chi connectivity index (χ0v) is 15.9. The van der Waals surface area contributed by atoms with Crippen molar-refractivity contribution >= 4 is 11.6 Å². The second-order valence-corrected chi connectivity index (χ2v) is 8.62. The Labute approximate surface area is 146 Å². The number of anilines is 1. The molecular weight excluding hydrogens is 294 g/mol. The number of rotatable bonds is 2. The smallest absolute Gasteiger partial charge is 0.255 e. The van der Waals surface area contributed by atoms with Crippen LogP contribution < -0.4 is 5.32 Å². The van der Waals surface area contributed by atoms with E-state index >= 15 is 0 Å². The Morgan fingerprint density at radius 1 is 0.792 bits per heavy atom. The molecule has 0 aliphatic carbocycles. The maximum Gasteiger partial charge on any atom is 0.255 e. The van der Waals surface area contributed by atoms with Gasteiger partial charge in [0, 0.05) is 11.3 Å². The van der Waals surface area contributed by atoms with Crippen LogP contribution >= 0.6 is 0 Å². The fraction of sp³-hybridized carbons (Fsp3) is 0.409. The van der Waals surface area contributed by atoms with Gasteiger partial charge < -0.3 is 5.32 Å². The summed E-state index contributed by atoms with van der Waals surface area (Å²) in [5.41, 5.74) is 5.21. The van der Waals surface area contributed by atoms with Crippen LogP contribution in [0.1, 0.15) is 68.6 Å². The molecule has 2 rings (SSSR count). The summed E-state index contributed by atoms with van der Waals surface area (Å²) in [6.07, 6.45) is 0. The first-order valence-electron chi connectivity index (χ1n) is 8.51. The molecule has 0 unspecified atom stereocenters. The van der Waals surface area contributed by atoms with E-state index in [1.807, 2.05) is 31.2 Å². The third-order valence-corrected chi connectivity index (χ3v) is 4.24. The molecule has 0 aromatic heterocycles. The third-order valence-electron chi connectivity index (χ3n) is 4.24. The van der Waals surface area contributed by atoms with Gasteiger partial charge in [0.1, 0.15) is 0 Å². The van der Waals surface area contributed by atoms with E-state index in [1.165, 1.54) is 11.1 Å². The topological polar surface area (TPSA) is 29.1 Å². The molecule has 0 saturated heterocycles. The van der Waals surface area contributed by atoms with Crippen LogP contribution in [0.25, 0.3) is 0 Å². The largest absolute Gasteiger partial charge is 0.322 e. The fourth-order valence-electron chi connectivity index (χ4n) is 2.47. The van der Waals surface area contributed by atoms with Crippen molar-refractivity contribution in [2.24, 2.45) is 0 Å². The highest BCUT2D eigenvalue weighted by atomic mass is 16.1. The van der Waals surface area contributed by atoms with Gasteiger partial charge in [0.05, 0.1) is 0 Å². The Balaban J connectivity index is 2.38. The van der Waals surface area contributed by atoms with E-state index in [4.69, 9.17) is 0 Å². The summed E-state index contributed by atoms with van der Waals surface area (Å²) >= 11 is 0. The van der Waals surface area contributed by atoms with Crippen molar-refractivity contribution in [2.45, 2.75) is 59.3 Å². The summed E-state index contributed by atoms with van der Waals surface area (Å²) in [4.78, 5) is 12.5. The summed E-state index contributed by atoms with van der Waals surface area (Å²) in [5.74, 6) is -0.0686. The molecule has 0 heterocycles. The lowest BCUT2D eigenvalue weighted by molar-refractivity contribution is 0.102. The van der Waals surface area contributed by atoms with Gasteiger partial charge in [0.2, 0.25) is 0 Å². The molecule has 1 N–H and O–H groups in total. The highest BCUT2D eigenvalue weighted by molar-refractivity contribution is 6.04. The van der Waals surface area contributed by atoms with E-state index in [1.54, 1.807) is 0 Å². The van der Waals surface area contributed by atoms with Crippen molar-refractivity contribution in [3.05, 3.63) is 64.7 Å². The quantitative estimate of drug-likeness (QED) is 0.738. The van der Waals surface area contributed by atoms with Crippen LogP contribution in [0.3, 0.4) is 0 Å². The lowest BCUT2D eigenvalue weighted by Gasteiger charge is -2.26. The molecule has 0 radical (unpaired) electrons. The molecule has 0 bridgehead atoms. The first-order valence-corrected chi connectivity index (χ1v) is 8.51. The van der Waals surface area contributed by atoms with Crippen LogP contribution in [0.15, 0.2) is 42.5 Å². The summed E-state index contributed by atoms with van der Waals surface area (Å²) < 4.78 is 0. The molecule has 0 fully saturated rings. The molecule has 0 saturated carbocycles. The van der Waals surface area contributed by atoms with Crippen molar-refractivity contribution in [1.82, 2.24) is 0 Å². The Bertz CT molecular complexity index is 696. The van der Waals surface area contributed by atoms with E-state index in [0.717, 1.165) is 11.3 Å². The van der Waals surface area contributed by atoms with E-state index < -0.39 is 0 Å². The minimum absolute atomic E-state index is 0.0323. The second kappa shape index (κ2) is 6.43. The number of aryl methyl sites for hydroxylation is 1. The van der Waals surface area contributed by atoms with Crippen molar-refractivity contribution in [2.75, 3.05) is 5.32 Å². The minimum atomic E-state index is -0.0686. The molecule has 0 aliphatic heterocycles. The van der Waals surface area contributed by atoms with Crippen LogP contribution in [0.2, 0.25) is 0 Å². The highest BCUT2D eigenvalue weighted by Crippen LogP contribution is 2.32. The van der Waals surface area contributed by atoms with Gasteiger partial charge in [-0.2, -0.15) is 0 Å². The monoisotopic (exact) mass is 323 g/mol. The van der Waals surface area contributed by atoms with Crippen LogP contribution in [-0.4, -0.2) is 5.91 Å². The Morgan fingerprint density at radius 3 is 1.67 bits per heavy atom. The molecule has 128 valence electrons. The maximum atomic E-state index is 12.5. The van der Waals surface area contributed by atoms with Gasteiger partial charge in [-0.3, -0.25) is 4.79 Å². The number of benzene rings is 2. The molecule has 2 aromatic carbocycles. The number of carbonyl (C=O) groups excluding carboxylic acids is 1. The average molecular weight is 323 g/mol. The number of hydrogen-bond acceptors (Lipinski definition) is 1. The average Bonchev–Trinajstić information content (AvgIpc) is 2.45. The molecule has 2 aromatic rings. The van der Waals surface area contributed by atoms with Crippen LogP contribution in [0.5, 0.6) is 0 Å². The molecule has 24 heavy (non-hydrogen) atoms. The SMILES string of the molecule is Cc1ccc(C(=O)Nc2cc(C(C)(C)C)cc(C(C)(C)C)c2)cc1. The van der Waals surface area contributed by atoms with Crippen molar-refractivity contribution in [3.63, 3.8) is 0 Å². The van der Waals surface area contributed by atoms with Crippen molar-refractivity contribution in [1.29, 1.82) is 0 Å². The molecule has 2 nitrogen and oxygen atoms in total. The van der Waals surface area contributed by atoms with Gasteiger partial charge in [-0.1, -0.05) is 65.3 Å². The minimum Gasteiger partial charge on any atom is -0.322 e. The Morgan fingerprint density at radius 2 is 1.25 bits per heavy atom. The summed E-state index contributed by atoms with van der Waals surface area (Å²) in [7, 11) is 0. The number of hydrogen-bond donors (Lipinski definition) is 1. The summed E-state index contributed by atoms with van der Waals surface area (Å²) in [5, 5.41) is 3.06. The lowest BCUT2D eigenvalue weighted by atomic mass is 9.80. The first kappa shape index (κ1) is 18.3. The van der Waals surface area contributed by atoms with Crippen LogP contribution in [-0.2, 0) is 10.8 Å². The van der Waals surface area contributed by atoms with Gasteiger partial charge in [-0.25, -0.2) is 0 Å². The molecule has 0 aliphatic rings. The van der Waals surface area contributed by atoms with E-state index in [2.05, 4.69) is 65.1 Å². The van der Waals surface area contributed by atoms with Crippen LogP contribution in [0.4, 0.5) is 5.69 Å². The van der Waals surface area contributed by atoms with E-state index in [0.29, 0.717) is 5.56 Å².